The zero-order valence-electron chi connectivity index (χ0n) is 8.24. The van der Waals surface area contributed by atoms with Crippen LogP contribution in [0.1, 0.15) is 0 Å². The lowest BCUT2D eigenvalue weighted by molar-refractivity contribution is 0.640. The van der Waals surface area contributed by atoms with Gasteiger partial charge in [-0.1, -0.05) is 35.9 Å². The van der Waals surface area contributed by atoms with Crippen molar-refractivity contribution in [3.63, 3.8) is 0 Å². The number of nitrogens with zero attached hydrogens (tertiary/aromatic N) is 1. The van der Waals surface area contributed by atoms with Gasteiger partial charge in [0.05, 0.1) is 0 Å². The van der Waals surface area contributed by atoms with Crippen LogP contribution in [0.15, 0.2) is 42.6 Å². The summed E-state index contributed by atoms with van der Waals surface area (Å²) in [5.41, 5.74) is 0. The molecule has 0 aliphatic rings. The van der Waals surface area contributed by atoms with Crippen molar-refractivity contribution >= 4 is 33.1 Å². The van der Waals surface area contributed by atoms with Crippen LogP contribution in [-0.4, -0.2) is 4.98 Å². The van der Waals surface area contributed by atoms with Crippen LogP contribution in [0.4, 0.5) is 4.39 Å². The third-order valence-electron chi connectivity index (χ3n) is 2.69. The third-order valence-corrected chi connectivity index (χ3v) is 2.98. The summed E-state index contributed by atoms with van der Waals surface area (Å²) >= 11 is 6.05. The van der Waals surface area contributed by atoms with Gasteiger partial charge in [-0.3, -0.25) is 0 Å². The normalized spacial score (nSPS) is 11.1. The van der Waals surface area contributed by atoms with E-state index in [1.54, 1.807) is 18.3 Å². The quantitative estimate of drug-likeness (QED) is 0.418. The molecule has 0 saturated heterocycles. The SMILES string of the molecule is Fc1cccc2c1ccc1ccnc(Cl)c12. The van der Waals surface area contributed by atoms with Crippen LogP contribution in [0.25, 0.3) is 21.5 Å². The Morgan fingerprint density at radius 3 is 2.75 bits per heavy atom. The first-order valence-corrected chi connectivity index (χ1v) is 5.26. The molecule has 0 fully saturated rings. The molecule has 1 heterocycles. The van der Waals surface area contributed by atoms with Gasteiger partial charge in [-0.05, 0) is 22.9 Å². The molecular weight excluding hydrogens is 225 g/mol. The fraction of sp³-hybridized carbons (Fsp3) is 0. The monoisotopic (exact) mass is 231 g/mol. The van der Waals surface area contributed by atoms with Crippen molar-refractivity contribution in [1.29, 1.82) is 0 Å². The van der Waals surface area contributed by atoms with E-state index in [9.17, 15) is 4.39 Å². The molecule has 3 aromatic rings. The fourth-order valence-electron chi connectivity index (χ4n) is 1.95. The summed E-state index contributed by atoms with van der Waals surface area (Å²) in [5, 5.41) is 3.56. The Bertz CT molecular complexity index is 694. The zero-order chi connectivity index (χ0) is 11.1. The van der Waals surface area contributed by atoms with E-state index in [4.69, 9.17) is 11.6 Å². The Morgan fingerprint density at radius 1 is 1.00 bits per heavy atom. The van der Waals surface area contributed by atoms with E-state index in [1.807, 2.05) is 18.2 Å². The highest BCUT2D eigenvalue weighted by Gasteiger charge is 2.07. The maximum atomic E-state index is 13.6. The van der Waals surface area contributed by atoms with Crippen molar-refractivity contribution < 1.29 is 4.39 Å². The minimum absolute atomic E-state index is 0.237. The largest absolute Gasteiger partial charge is 0.244 e. The molecule has 0 atom stereocenters. The number of hydrogen-bond donors (Lipinski definition) is 0. The number of aromatic nitrogens is 1. The lowest BCUT2D eigenvalue weighted by atomic mass is 10.0. The average molecular weight is 232 g/mol. The van der Waals surface area contributed by atoms with Crippen molar-refractivity contribution in [1.82, 2.24) is 4.98 Å². The molecule has 1 aromatic heterocycles. The number of rotatable bonds is 0. The lowest BCUT2D eigenvalue weighted by Gasteiger charge is -2.05. The van der Waals surface area contributed by atoms with Gasteiger partial charge >= 0.3 is 0 Å². The minimum atomic E-state index is -0.237. The lowest BCUT2D eigenvalue weighted by Crippen LogP contribution is -1.84. The second-order valence-corrected chi connectivity index (χ2v) is 3.96. The number of halogens is 2. The molecule has 0 unspecified atom stereocenters. The molecule has 0 spiro atoms. The highest BCUT2D eigenvalue weighted by Crippen LogP contribution is 2.30. The highest BCUT2D eigenvalue weighted by atomic mass is 35.5. The van der Waals surface area contributed by atoms with E-state index in [-0.39, 0.29) is 5.82 Å². The van der Waals surface area contributed by atoms with Gasteiger partial charge in [0.15, 0.2) is 0 Å². The minimum Gasteiger partial charge on any atom is -0.244 e. The predicted molar refractivity (Wildman–Crippen MR) is 64.2 cm³/mol. The molecule has 78 valence electrons. The third kappa shape index (κ3) is 1.27. The smallest absolute Gasteiger partial charge is 0.137 e. The summed E-state index contributed by atoms with van der Waals surface area (Å²) in [6, 6.07) is 10.5. The van der Waals surface area contributed by atoms with Gasteiger partial charge < -0.3 is 0 Å². The molecule has 3 heteroatoms. The molecule has 3 rings (SSSR count). The Morgan fingerprint density at radius 2 is 1.88 bits per heavy atom. The Kier molecular flexibility index (Phi) is 2.04. The van der Waals surface area contributed by atoms with E-state index >= 15 is 0 Å². The number of fused-ring (bicyclic) bond motifs is 3. The topological polar surface area (TPSA) is 12.9 Å². The molecule has 0 aliphatic carbocycles. The van der Waals surface area contributed by atoms with Crippen LogP contribution in [0.2, 0.25) is 5.15 Å². The van der Waals surface area contributed by atoms with E-state index in [2.05, 4.69) is 4.98 Å². The summed E-state index contributed by atoms with van der Waals surface area (Å²) in [4.78, 5) is 4.03. The fourth-order valence-corrected chi connectivity index (χ4v) is 2.22. The molecule has 0 amide bonds. The number of hydrogen-bond acceptors (Lipinski definition) is 1. The molecule has 1 nitrogen and oxygen atoms in total. The van der Waals surface area contributed by atoms with Crippen LogP contribution in [0.5, 0.6) is 0 Å². The van der Waals surface area contributed by atoms with Crippen molar-refractivity contribution in [3.8, 4) is 0 Å². The predicted octanol–water partition coefficient (Wildman–Crippen LogP) is 4.18. The molecule has 0 aliphatic heterocycles. The van der Waals surface area contributed by atoms with E-state index in [0.29, 0.717) is 10.5 Å². The second kappa shape index (κ2) is 3.42. The summed E-state index contributed by atoms with van der Waals surface area (Å²) in [7, 11) is 0. The van der Waals surface area contributed by atoms with Crippen molar-refractivity contribution in [2.24, 2.45) is 0 Å². The molecule has 2 aromatic carbocycles. The van der Waals surface area contributed by atoms with Crippen molar-refractivity contribution in [2.75, 3.05) is 0 Å². The number of pyridine rings is 1. The Hall–Kier alpha value is -1.67. The summed E-state index contributed by atoms with van der Waals surface area (Å²) < 4.78 is 13.6. The van der Waals surface area contributed by atoms with Crippen LogP contribution < -0.4 is 0 Å². The van der Waals surface area contributed by atoms with Gasteiger partial charge in [-0.15, -0.1) is 0 Å². The Labute approximate surface area is 96.5 Å². The Balaban J connectivity index is 2.64. The first-order chi connectivity index (χ1) is 7.77. The van der Waals surface area contributed by atoms with Gasteiger partial charge in [0.25, 0.3) is 0 Å². The summed E-state index contributed by atoms with van der Waals surface area (Å²) in [6.07, 6.45) is 1.65. The maximum absolute atomic E-state index is 13.6. The molecule has 16 heavy (non-hydrogen) atoms. The zero-order valence-corrected chi connectivity index (χ0v) is 9.00. The standard InChI is InChI=1S/C13H7ClFN/c14-13-12-8(6-7-16-13)4-5-9-10(12)2-1-3-11(9)15/h1-7H. The first-order valence-electron chi connectivity index (χ1n) is 4.89. The summed E-state index contributed by atoms with van der Waals surface area (Å²) in [5.74, 6) is -0.237. The van der Waals surface area contributed by atoms with E-state index in [0.717, 1.165) is 16.2 Å². The van der Waals surface area contributed by atoms with Gasteiger partial charge in [0.2, 0.25) is 0 Å². The molecule has 0 bridgehead atoms. The van der Waals surface area contributed by atoms with Gasteiger partial charge in [-0.2, -0.15) is 0 Å². The van der Waals surface area contributed by atoms with E-state index in [1.165, 1.54) is 6.07 Å². The van der Waals surface area contributed by atoms with Crippen molar-refractivity contribution in [2.45, 2.75) is 0 Å². The van der Waals surface area contributed by atoms with Gasteiger partial charge in [-0.25, -0.2) is 9.37 Å². The highest BCUT2D eigenvalue weighted by molar-refractivity contribution is 6.36. The molecule has 0 N–H and O–H groups in total. The van der Waals surface area contributed by atoms with Crippen LogP contribution in [0.3, 0.4) is 0 Å². The van der Waals surface area contributed by atoms with Crippen LogP contribution in [0, 0.1) is 5.82 Å². The van der Waals surface area contributed by atoms with E-state index < -0.39 is 0 Å². The average Bonchev–Trinajstić information content (AvgIpc) is 2.29. The van der Waals surface area contributed by atoms with Crippen molar-refractivity contribution in [3.05, 3.63) is 53.6 Å². The molecule has 0 saturated carbocycles. The maximum Gasteiger partial charge on any atom is 0.137 e. The number of benzene rings is 2. The second-order valence-electron chi connectivity index (χ2n) is 3.60. The van der Waals surface area contributed by atoms with Gasteiger partial charge in [0.1, 0.15) is 11.0 Å². The molecule has 0 radical (unpaired) electrons. The van der Waals surface area contributed by atoms with Crippen LogP contribution in [-0.2, 0) is 0 Å². The van der Waals surface area contributed by atoms with Crippen LogP contribution >= 0.6 is 11.6 Å². The summed E-state index contributed by atoms with van der Waals surface area (Å²) in [6.45, 7) is 0. The first kappa shape index (κ1) is 9.55. The van der Waals surface area contributed by atoms with Gasteiger partial charge in [0, 0.05) is 17.0 Å². The molecular formula is C13H7ClFN.